The fourth-order valence-corrected chi connectivity index (χ4v) is 3.96. The minimum absolute atomic E-state index is 0.103. The van der Waals surface area contributed by atoms with Gasteiger partial charge in [-0.05, 0) is 31.2 Å². The molecule has 0 bridgehead atoms. The third-order valence-electron chi connectivity index (χ3n) is 3.90. The first kappa shape index (κ1) is 17.2. The van der Waals surface area contributed by atoms with E-state index in [1.807, 2.05) is 41.1 Å². The average molecular weight is 361 g/mol. The summed E-state index contributed by atoms with van der Waals surface area (Å²) in [5, 5.41) is 6.33. The summed E-state index contributed by atoms with van der Waals surface area (Å²) in [4.78, 5) is 14.9. The predicted octanol–water partition coefficient (Wildman–Crippen LogP) is 2.73. The van der Waals surface area contributed by atoms with Gasteiger partial charge in [-0.25, -0.2) is 9.80 Å². The standard InChI is InChI=1S/C17H19N3O4S/c1-11-15(14(9-22-2)16(21)24-4)25-17-19(10-18-20(11)17)12-5-7-13(23-3)8-6-12/h5-10,17H,1-4H3/b14-9+. The molecule has 0 aliphatic carbocycles. The van der Waals surface area contributed by atoms with Crippen molar-refractivity contribution in [3.63, 3.8) is 0 Å². The van der Waals surface area contributed by atoms with Gasteiger partial charge in [0, 0.05) is 10.6 Å². The summed E-state index contributed by atoms with van der Waals surface area (Å²) in [6, 6.07) is 7.73. The van der Waals surface area contributed by atoms with Crippen LogP contribution in [0.15, 0.2) is 51.8 Å². The zero-order valence-electron chi connectivity index (χ0n) is 14.4. The van der Waals surface area contributed by atoms with Crippen molar-refractivity contribution >= 4 is 29.8 Å². The number of nitrogens with zero attached hydrogens (tertiary/aromatic N) is 3. The van der Waals surface area contributed by atoms with Gasteiger partial charge in [-0.15, -0.1) is 0 Å². The van der Waals surface area contributed by atoms with Gasteiger partial charge in [0.05, 0.1) is 33.3 Å². The van der Waals surface area contributed by atoms with Crippen LogP contribution in [0.4, 0.5) is 5.69 Å². The Morgan fingerprint density at radius 2 is 1.96 bits per heavy atom. The number of hydrogen-bond acceptors (Lipinski definition) is 8. The van der Waals surface area contributed by atoms with Crippen molar-refractivity contribution in [2.24, 2.45) is 5.10 Å². The van der Waals surface area contributed by atoms with E-state index in [4.69, 9.17) is 14.2 Å². The number of methoxy groups -OCH3 is 3. The number of allylic oxidation sites excluding steroid dienone is 1. The number of anilines is 1. The van der Waals surface area contributed by atoms with Gasteiger partial charge in [-0.1, -0.05) is 11.8 Å². The molecule has 8 heteroatoms. The van der Waals surface area contributed by atoms with Gasteiger partial charge >= 0.3 is 5.97 Å². The molecule has 0 saturated carbocycles. The van der Waals surface area contributed by atoms with Crippen molar-refractivity contribution in [1.29, 1.82) is 0 Å². The van der Waals surface area contributed by atoms with E-state index < -0.39 is 5.97 Å². The van der Waals surface area contributed by atoms with Crippen LogP contribution in [0.2, 0.25) is 0 Å². The fourth-order valence-electron chi connectivity index (χ4n) is 2.63. The Balaban J connectivity index is 1.87. The minimum Gasteiger partial charge on any atom is -0.503 e. The summed E-state index contributed by atoms with van der Waals surface area (Å²) in [6.45, 7) is 1.92. The summed E-state index contributed by atoms with van der Waals surface area (Å²) in [5.74, 6) is 0.353. The number of carbonyl (C=O) groups excluding carboxylic acids is 1. The van der Waals surface area contributed by atoms with E-state index in [1.54, 1.807) is 13.4 Å². The van der Waals surface area contributed by atoms with Crippen LogP contribution in [0.25, 0.3) is 0 Å². The number of thioether (sulfide) groups is 1. The fraction of sp³-hybridized carbons (Fsp3) is 0.294. The highest BCUT2D eigenvalue weighted by Gasteiger charge is 2.40. The smallest absolute Gasteiger partial charge is 0.342 e. The first-order valence-electron chi connectivity index (χ1n) is 7.55. The topological polar surface area (TPSA) is 63.6 Å². The van der Waals surface area contributed by atoms with Crippen molar-refractivity contribution in [2.45, 2.75) is 12.4 Å². The molecule has 7 nitrogen and oxygen atoms in total. The second-order valence-corrected chi connectivity index (χ2v) is 6.36. The van der Waals surface area contributed by atoms with Crippen LogP contribution < -0.4 is 9.64 Å². The lowest BCUT2D eigenvalue weighted by Gasteiger charge is -2.24. The maximum absolute atomic E-state index is 12.1. The molecule has 0 saturated heterocycles. The van der Waals surface area contributed by atoms with Crippen LogP contribution in [-0.4, -0.2) is 44.1 Å². The van der Waals surface area contributed by atoms with E-state index in [0.29, 0.717) is 5.57 Å². The lowest BCUT2D eigenvalue weighted by molar-refractivity contribution is -0.135. The summed E-state index contributed by atoms with van der Waals surface area (Å²) in [7, 11) is 4.49. The van der Waals surface area contributed by atoms with Crippen molar-refractivity contribution in [1.82, 2.24) is 5.01 Å². The van der Waals surface area contributed by atoms with E-state index in [9.17, 15) is 4.79 Å². The number of esters is 1. The third-order valence-corrected chi connectivity index (χ3v) is 5.29. The van der Waals surface area contributed by atoms with Crippen LogP contribution in [-0.2, 0) is 14.3 Å². The number of carbonyl (C=O) groups is 1. The Bertz CT molecular complexity index is 758. The van der Waals surface area contributed by atoms with Gasteiger partial charge in [0.25, 0.3) is 0 Å². The van der Waals surface area contributed by atoms with E-state index in [-0.39, 0.29) is 5.50 Å². The number of benzene rings is 1. The molecule has 1 atom stereocenters. The van der Waals surface area contributed by atoms with Crippen LogP contribution in [0.5, 0.6) is 5.75 Å². The quantitative estimate of drug-likeness (QED) is 0.454. The van der Waals surface area contributed by atoms with Crippen LogP contribution in [0, 0.1) is 0 Å². The zero-order chi connectivity index (χ0) is 18.0. The highest BCUT2D eigenvalue weighted by Crippen LogP contribution is 2.46. The van der Waals surface area contributed by atoms with Crippen molar-refractivity contribution in [2.75, 3.05) is 26.2 Å². The first-order chi connectivity index (χ1) is 12.1. The SMILES string of the molecule is CO/C=C(/C(=O)OC)C1=C(C)N2N=CN(c3ccc(OC)cc3)C2S1. The average Bonchev–Trinajstić information content (AvgIpc) is 3.19. The number of fused-ring (bicyclic) bond motifs is 1. The molecular formula is C17H19N3O4S. The van der Waals surface area contributed by atoms with Gasteiger partial charge in [0.2, 0.25) is 0 Å². The van der Waals surface area contributed by atoms with Crippen molar-refractivity contribution < 1.29 is 19.0 Å². The summed E-state index contributed by atoms with van der Waals surface area (Å²) < 4.78 is 15.1. The van der Waals surface area contributed by atoms with Gasteiger partial charge in [-0.3, -0.25) is 4.90 Å². The summed E-state index contributed by atoms with van der Waals surface area (Å²) >= 11 is 1.52. The molecular weight excluding hydrogens is 342 g/mol. The Morgan fingerprint density at radius 3 is 2.56 bits per heavy atom. The summed E-state index contributed by atoms with van der Waals surface area (Å²) in [6.07, 6.45) is 3.18. The van der Waals surface area contributed by atoms with Gasteiger partial charge < -0.3 is 14.2 Å². The van der Waals surface area contributed by atoms with Crippen LogP contribution in [0.3, 0.4) is 0 Å². The maximum atomic E-state index is 12.1. The molecule has 2 aliphatic rings. The Labute approximate surface area is 150 Å². The number of hydrogen-bond donors (Lipinski definition) is 0. The molecule has 3 rings (SSSR count). The lowest BCUT2D eigenvalue weighted by atomic mass is 10.2. The molecule has 2 heterocycles. The van der Waals surface area contributed by atoms with Gasteiger partial charge in [-0.2, -0.15) is 5.10 Å². The molecule has 1 aromatic rings. The van der Waals surface area contributed by atoms with Gasteiger partial charge in [0.15, 0.2) is 5.50 Å². The second-order valence-electron chi connectivity index (χ2n) is 5.30. The Hall–Kier alpha value is -2.61. The zero-order valence-corrected chi connectivity index (χ0v) is 15.2. The highest BCUT2D eigenvalue weighted by molar-refractivity contribution is 8.04. The molecule has 2 aliphatic heterocycles. The minimum atomic E-state index is -0.440. The molecule has 0 N–H and O–H groups in total. The van der Waals surface area contributed by atoms with E-state index in [0.717, 1.165) is 22.0 Å². The summed E-state index contributed by atoms with van der Waals surface area (Å²) in [5.41, 5.74) is 2.13. The van der Waals surface area contributed by atoms with E-state index in [2.05, 4.69) is 5.10 Å². The molecule has 0 spiro atoms. The molecule has 0 amide bonds. The molecule has 25 heavy (non-hydrogen) atoms. The molecule has 1 unspecified atom stereocenters. The highest BCUT2D eigenvalue weighted by atomic mass is 32.2. The predicted molar refractivity (Wildman–Crippen MR) is 97.0 cm³/mol. The van der Waals surface area contributed by atoms with Crippen molar-refractivity contribution in [3.8, 4) is 5.75 Å². The third kappa shape index (κ3) is 3.05. The largest absolute Gasteiger partial charge is 0.503 e. The van der Waals surface area contributed by atoms with E-state index >= 15 is 0 Å². The molecule has 0 radical (unpaired) electrons. The molecule has 0 aromatic heterocycles. The number of hydrazone groups is 1. The van der Waals surface area contributed by atoms with E-state index in [1.165, 1.54) is 32.2 Å². The first-order valence-corrected chi connectivity index (χ1v) is 8.43. The second kappa shape index (κ2) is 7.10. The number of rotatable bonds is 5. The monoisotopic (exact) mass is 361 g/mol. The number of ether oxygens (including phenoxy) is 3. The van der Waals surface area contributed by atoms with Crippen LogP contribution >= 0.6 is 11.8 Å². The normalized spacial score (nSPS) is 19.4. The van der Waals surface area contributed by atoms with Crippen LogP contribution in [0.1, 0.15) is 6.92 Å². The molecule has 132 valence electrons. The Kier molecular flexibility index (Phi) is 4.89. The lowest BCUT2D eigenvalue weighted by Crippen LogP contribution is -2.33. The maximum Gasteiger partial charge on any atom is 0.342 e. The Morgan fingerprint density at radius 1 is 1.24 bits per heavy atom. The van der Waals surface area contributed by atoms with Gasteiger partial charge in [0.1, 0.15) is 17.7 Å². The molecule has 0 fully saturated rings. The molecule has 1 aromatic carbocycles. The van der Waals surface area contributed by atoms with Crippen molar-refractivity contribution in [3.05, 3.63) is 46.7 Å².